The van der Waals surface area contributed by atoms with E-state index in [4.69, 9.17) is 5.73 Å². The van der Waals surface area contributed by atoms with Gasteiger partial charge in [-0.2, -0.15) is 0 Å². The second-order valence-electron chi connectivity index (χ2n) is 1.92. The average Bonchev–Trinajstić information content (AvgIpc) is 1.99. The van der Waals surface area contributed by atoms with Crippen molar-refractivity contribution in [1.82, 2.24) is 0 Å². The largest absolute Gasteiger partial charge is 0.404 e. The third-order valence-electron chi connectivity index (χ3n) is 1.04. The Hall–Kier alpha value is -0.250. The third-order valence-corrected chi connectivity index (χ3v) is 2.03. The Bertz CT molecular complexity index is 158. The molecule has 0 aromatic heterocycles. The molecule has 1 nitrogen and oxygen atoms in total. The molecule has 0 amide bonds. The zero-order chi connectivity index (χ0) is 7.98. The van der Waals surface area contributed by atoms with E-state index in [9.17, 15) is 0 Å². The molecule has 0 radical (unpaired) electrons. The van der Waals surface area contributed by atoms with Gasteiger partial charge >= 0.3 is 0 Å². The van der Waals surface area contributed by atoms with Gasteiger partial charge in [-0.05, 0) is 54.3 Å². The maximum Gasteiger partial charge on any atom is 0.00872 e. The first kappa shape index (κ1) is 9.75. The molecule has 0 fully saturated rings. The number of hydrogen-bond donors (Lipinski definition) is 1. The number of rotatable bonds is 2. The summed E-state index contributed by atoms with van der Waals surface area (Å²) in [5, 5.41) is 0. The van der Waals surface area contributed by atoms with Gasteiger partial charge in [0.15, 0.2) is 0 Å². The molecule has 0 aromatic rings. The Morgan fingerprint density at radius 1 is 1.40 bits per heavy atom. The van der Waals surface area contributed by atoms with Gasteiger partial charge in [0, 0.05) is 3.58 Å². The van der Waals surface area contributed by atoms with Gasteiger partial charge in [-0.25, -0.2) is 0 Å². The van der Waals surface area contributed by atoms with Gasteiger partial charge in [0.25, 0.3) is 0 Å². The first-order chi connectivity index (χ1) is 4.70. The Morgan fingerprint density at radius 3 is 2.40 bits per heavy atom. The van der Waals surface area contributed by atoms with Crippen molar-refractivity contribution in [2.45, 2.75) is 13.8 Å². The zero-order valence-electron chi connectivity index (χ0n) is 6.26. The van der Waals surface area contributed by atoms with E-state index in [1.165, 1.54) is 3.58 Å². The summed E-state index contributed by atoms with van der Waals surface area (Å²) in [6, 6.07) is 0. The predicted molar refractivity (Wildman–Crippen MR) is 54.9 cm³/mol. The van der Waals surface area contributed by atoms with E-state index in [1.54, 1.807) is 6.20 Å². The van der Waals surface area contributed by atoms with E-state index in [0.717, 1.165) is 5.57 Å². The lowest BCUT2D eigenvalue weighted by atomic mass is 10.3. The lowest BCUT2D eigenvalue weighted by Gasteiger charge is -1.87. The lowest BCUT2D eigenvalue weighted by molar-refractivity contribution is 1.43. The van der Waals surface area contributed by atoms with Crippen LogP contribution in [0.25, 0.3) is 0 Å². The van der Waals surface area contributed by atoms with E-state index in [1.807, 2.05) is 32.1 Å². The highest BCUT2D eigenvalue weighted by molar-refractivity contribution is 14.1. The fourth-order valence-electron chi connectivity index (χ4n) is 0.363. The molecule has 0 heterocycles. The molecule has 0 bridgehead atoms. The molecular formula is C8H12IN. The Balaban J connectivity index is 4.01. The molecule has 0 aromatic carbocycles. The van der Waals surface area contributed by atoms with Crippen molar-refractivity contribution in [3.63, 3.8) is 0 Å². The van der Waals surface area contributed by atoms with Gasteiger partial charge < -0.3 is 5.73 Å². The van der Waals surface area contributed by atoms with Crippen LogP contribution in [0.1, 0.15) is 13.8 Å². The van der Waals surface area contributed by atoms with E-state index in [0.29, 0.717) is 0 Å². The molecule has 0 spiro atoms. The van der Waals surface area contributed by atoms with Crippen molar-refractivity contribution in [2.75, 3.05) is 0 Å². The molecule has 2 heteroatoms. The number of halogens is 1. The molecule has 10 heavy (non-hydrogen) atoms. The van der Waals surface area contributed by atoms with Gasteiger partial charge in [0.05, 0.1) is 0 Å². The van der Waals surface area contributed by atoms with Gasteiger partial charge in [-0.3, -0.25) is 0 Å². The van der Waals surface area contributed by atoms with Crippen LogP contribution in [-0.2, 0) is 0 Å². The van der Waals surface area contributed by atoms with Crippen LogP contribution in [-0.4, -0.2) is 0 Å². The lowest BCUT2D eigenvalue weighted by Crippen LogP contribution is -1.79. The van der Waals surface area contributed by atoms with Gasteiger partial charge in [-0.15, -0.1) is 0 Å². The highest BCUT2D eigenvalue weighted by Crippen LogP contribution is 2.07. The maximum atomic E-state index is 5.26. The predicted octanol–water partition coefficient (Wildman–Crippen LogP) is 2.74. The van der Waals surface area contributed by atoms with Gasteiger partial charge in [0.1, 0.15) is 0 Å². The number of nitrogens with two attached hydrogens (primary N) is 1. The summed E-state index contributed by atoms with van der Waals surface area (Å²) in [4.78, 5) is 0. The van der Waals surface area contributed by atoms with Crippen LogP contribution in [0.4, 0.5) is 0 Å². The van der Waals surface area contributed by atoms with Crippen molar-refractivity contribution < 1.29 is 0 Å². The second kappa shape index (κ2) is 5.53. The molecule has 56 valence electrons. The molecule has 0 aliphatic rings. The topological polar surface area (TPSA) is 26.0 Å². The summed E-state index contributed by atoms with van der Waals surface area (Å²) in [5.74, 6) is 0. The van der Waals surface area contributed by atoms with Crippen molar-refractivity contribution in [1.29, 1.82) is 0 Å². The van der Waals surface area contributed by atoms with Crippen LogP contribution in [0.2, 0.25) is 0 Å². The quantitative estimate of drug-likeness (QED) is 0.591. The van der Waals surface area contributed by atoms with E-state index in [-0.39, 0.29) is 0 Å². The molecule has 0 saturated carbocycles. The fraction of sp³-hybridized carbons (Fsp3) is 0.250. The van der Waals surface area contributed by atoms with Crippen LogP contribution >= 0.6 is 22.6 Å². The fourth-order valence-corrected chi connectivity index (χ4v) is 0.543. The van der Waals surface area contributed by atoms with Crippen molar-refractivity contribution in [3.8, 4) is 0 Å². The summed E-state index contributed by atoms with van der Waals surface area (Å²) in [7, 11) is 0. The Kier molecular flexibility index (Phi) is 5.39. The number of allylic oxidation sites excluding steroid dienone is 5. The molecule has 0 rings (SSSR count). The zero-order valence-corrected chi connectivity index (χ0v) is 8.42. The standard InChI is InChI=1S/C8H12IN/c1-3-8(9)5-4-7(2)6-10/h3-6H,10H2,1-2H3/b5-4-,7-6-,8-3+. The molecule has 0 unspecified atom stereocenters. The average molecular weight is 249 g/mol. The molecule has 0 atom stereocenters. The van der Waals surface area contributed by atoms with Crippen molar-refractivity contribution in [2.24, 2.45) is 5.73 Å². The summed E-state index contributed by atoms with van der Waals surface area (Å²) < 4.78 is 1.22. The minimum Gasteiger partial charge on any atom is -0.404 e. The summed E-state index contributed by atoms with van der Waals surface area (Å²) in [6.07, 6.45) is 7.65. The molecular weight excluding hydrogens is 237 g/mol. The summed E-state index contributed by atoms with van der Waals surface area (Å²) in [5.41, 5.74) is 6.34. The minimum atomic E-state index is 1.08. The highest BCUT2D eigenvalue weighted by atomic mass is 127. The van der Waals surface area contributed by atoms with Crippen LogP contribution in [0.15, 0.2) is 33.6 Å². The highest BCUT2D eigenvalue weighted by Gasteiger charge is 1.80. The molecule has 0 saturated heterocycles. The summed E-state index contributed by atoms with van der Waals surface area (Å²) in [6.45, 7) is 3.98. The van der Waals surface area contributed by atoms with E-state index >= 15 is 0 Å². The Labute approximate surface area is 75.8 Å². The van der Waals surface area contributed by atoms with Crippen LogP contribution in [0.5, 0.6) is 0 Å². The Morgan fingerprint density at radius 2 is 2.00 bits per heavy atom. The second-order valence-corrected chi connectivity index (χ2v) is 3.16. The first-order valence-electron chi connectivity index (χ1n) is 3.09. The van der Waals surface area contributed by atoms with Gasteiger partial charge in [0.2, 0.25) is 0 Å². The molecule has 0 aliphatic heterocycles. The van der Waals surface area contributed by atoms with E-state index < -0.39 is 0 Å². The summed E-state index contributed by atoms with van der Waals surface area (Å²) >= 11 is 2.26. The SMILES string of the molecule is C\C=C(I)/C=C\C(C)=C/N. The monoisotopic (exact) mass is 249 g/mol. The minimum absolute atomic E-state index is 1.08. The smallest absolute Gasteiger partial charge is 0.00872 e. The first-order valence-corrected chi connectivity index (χ1v) is 4.17. The normalized spacial score (nSPS) is 14.7. The molecule has 2 N–H and O–H groups in total. The third kappa shape index (κ3) is 4.61. The van der Waals surface area contributed by atoms with E-state index in [2.05, 4.69) is 22.6 Å². The van der Waals surface area contributed by atoms with Crippen molar-refractivity contribution in [3.05, 3.63) is 33.6 Å². The number of hydrogen-bond acceptors (Lipinski definition) is 1. The van der Waals surface area contributed by atoms with Gasteiger partial charge in [-0.1, -0.05) is 12.2 Å². The van der Waals surface area contributed by atoms with Crippen LogP contribution in [0, 0.1) is 0 Å². The van der Waals surface area contributed by atoms with Crippen LogP contribution in [0.3, 0.4) is 0 Å². The molecule has 0 aliphatic carbocycles. The van der Waals surface area contributed by atoms with Crippen LogP contribution < -0.4 is 5.73 Å². The van der Waals surface area contributed by atoms with Crippen molar-refractivity contribution >= 4 is 22.6 Å². The maximum absolute atomic E-state index is 5.26.